The van der Waals surface area contributed by atoms with Crippen LogP contribution in [0.15, 0.2) is 18.5 Å². The first-order valence-electron chi connectivity index (χ1n) is 5.74. The monoisotopic (exact) mass is 248 g/mol. The average Bonchev–Trinajstić information content (AvgIpc) is 2.97. The quantitative estimate of drug-likeness (QED) is 0.663. The van der Waals surface area contributed by atoms with E-state index in [9.17, 15) is 4.79 Å². The Labute approximate surface area is 104 Å². The largest absolute Gasteiger partial charge is 0.395 e. The van der Waals surface area contributed by atoms with Crippen molar-refractivity contribution in [2.75, 3.05) is 12.3 Å². The SMILES string of the molecule is Cc1[nH]nc(C(=O)NCCCn2cccn2)c1N. The smallest absolute Gasteiger partial charge is 0.273 e. The number of hydrogen-bond acceptors (Lipinski definition) is 4. The molecular formula is C11H16N6O. The number of carbonyl (C=O) groups excluding carboxylic acids is 1. The van der Waals surface area contributed by atoms with Crippen LogP contribution < -0.4 is 11.1 Å². The van der Waals surface area contributed by atoms with Crippen LogP contribution in [0.4, 0.5) is 5.69 Å². The predicted molar refractivity (Wildman–Crippen MR) is 66.9 cm³/mol. The second-order valence-electron chi connectivity index (χ2n) is 3.99. The molecule has 0 saturated heterocycles. The Kier molecular flexibility index (Phi) is 3.61. The van der Waals surface area contributed by atoms with E-state index >= 15 is 0 Å². The van der Waals surface area contributed by atoms with Gasteiger partial charge in [0.05, 0.1) is 11.4 Å². The van der Waals surface area contributed by atoms with E-state index < -0.39 is 0 Å². The summed E-state index contributed by atoms with van der Waals surface area (Å²) in [5, 5.41) is 13.4. The lowest BCUT2D eigenvalue weighted by atomic mass is 10.3. The van der Waals surface area contributed by atoms with Gasteiger partial charge in [-0.2, -0.15) is 10.2 Å². The van der Waals surface area contributed by atoms with Gasteiger partial charge in [-0.1, -0.05) is 0 Å². The van der Waals surface area contributed by atoms with Crippen LogP contribution in [-0.4, -0.2) is 32.4 Å². The Morgan fingerprint density at radius 3 is 3.06 bits per heavy atom. The maximum Gasteiger partial charge on any atom is 0.273 e. The Morgan fingerprint density at radius 2 is 2.44 bits per heavy atom. The van der Waals surface area contributed by atoms with Crippen LogP contribution in [0.3, 0.4) is 0 Å². The molecule has 1 amide bonds. The van der Waals surface area contributed by atoms with Crippen molar-refractivity contribution in [2.24, 2.45) is 0 Å². The summed E-state index contributed by atoms with van der Waals surface area (Å²) in [5.41, 5.74) is 7.08. The molecular weight excluding hydrogens is 232 g/mol. The highest BCUT2D eigenvalue weighted by atomic mass is 16.1. The molecule has 4 N–H and O–H groups in total. The van der Waals surface area contributed by atoms with Crippen molar-refractivity contribution >= 4 is 11.6 Å². The Balaban J connectivity index is 1.77. The molecule has 18 heavy (non-hydrogen) atoms. The van der Waals surface area contributed by atoms with Crippen molar-refractivity contribution in [3.05, 3.63) is 29.8 Å². The minimum absolute atomic E-state index is 0.252. The minimum atomic E-state index is -0.252. The lowest BCUT2D eigenvalue weighted by Crippen LogP contribution is -2.26. The molecule has 2 aromatic heterocycles. The van der Waals surface area contributed by atoms with E-state index in [4.69, 9.17) is 5.73 Å². The molecule has 0 spiro atoms. The number of aromatic nitrogens is 4. The number of H-pyrrole nitrogens is 1. The zero-order valence-electron chi connectivity index (χ0n) is 10.2. The molecule has 0 aromatic carbocycles. The maximum absolute atomic E-state index is 11.7. The molecule has 0 radical (unpaired) electrons. The van der Waals surface area contributed by atoms with Crippen molar-refractivity contribution in [2.45, 2.75) is 19.9 Å². The minimum Gasteiger partial charge on any atom is -0.395 e. The zero-order valence-corrected chi connectivity index (χ0v) is 10.2. The molecule has 2 aromatic rings. The fourth-order valence-electron chi connectivity index (χ4n) is 1.57. The van der Waals surface area contributed by atoms with Gasteiger partial charge in [-0.25, -0.2) is 0 Å². The number of nitrogens with two attached hydrogens (primary N) is 1. The molecule has 2 rings (SSSR count). The number of aryl methyl sites for hydroxylation is 2. The molecule has 0 aliphatic rings. The summed E-state index contributed by atoms with van der Waals surface area (Å²) in [4.78, 5) is 11.7. The topological polar surface area (TPSA) is 102 Å². The molecule has 0 fully saturated rings. The zero-order chi connectivity index (χ0) is 13.0. The van der Waals surface area contributed by atoms with E-state index in [1.807, 2.05) is 16.9 Å². The van der Waals surface area contributed by atoms with Gasteiger partial charge in [0.1, 0.15) is 0 Å². The van der Waals surface area contributed by atoms with Crippen LogP contribution in [0.25, 0.3) is 0 Å². The second kappa shape index (κ2) is 5.35. The van der Waals surface area contributed by atoms with Crippen LogP contribution in [-0.2, 0) is 6.54 Å². The third kappa shape index (κ3) is 2.68. The molecule has 96 valence electrons. The molecule has 7 nitrogen and oxygen atoms in total. The maximum atomic E-state index is 11.7. The molecule has 0 atom stereocenters. The van der Waals surface area contributed by atoms with Gasteiger partial charge in [0.25, 0.3) is 5.91 Å². The lowest BCUT2D eigenvalue weighted by Gasteiger charge is -2.04. The Hall–Kier alpha value is -2.31. The fraction of sp³-hybridized carbons (Fsp3) is 0.364. The summed E-state index contributed by atoms with van der Waals surface area (Å²) in [6.45, 7) is 3.10. The molecule has 2 heterocycles. The van der Waals surface area contributed by atoms with Crippen molar-refractivity contribution in [3.8, 4) is 0 Å². The van der Waals surface area contributed by atoms with Crippen LogP contribution in [0.1, 0.15) is 22.6 Å². The molecule has 0 unspecified atom stereocenters. The van der Waals surface area contributed by atoms with Gasteiger partial charge in [0.2, 0.25) is 0 Å². The van der Waals surface area contributed by atoms with Crippen molar-refractivity contribution in [1.29, 1.82) is 0 Å². The highest BCUT2D eigenvalue weighted by Gasteiger charge is 2.14. The highest BCUT2D eigenvalue weighted by Crippen LogP contribution is 2.11. The van der Waals surface area contributed by atoms with Gasteiger partial charge >= 0.3 is 0 Å². The molecule has 0 bridgehead atoms. The van der Waals surface area contributed by atoms with E-state index in [-0.39, 0.29) is 11.6 Å². The summed E-state index contributed by atoms with van der Waals surface area (Å²) in [5.74, 6) is -0.252. The Morgan fingerprint density at radius 1 is 1.61 bits per heavy atom. The number of nitrogens with one attached hydrogen (secondary N) is 2. The van der Waals surface area contributed by atoms with E-state index in [1.54, 1.807) is 13.1 Å². The Bertz CT molecular complexity index is 516. The third-order valence-corrected chi connectivity index (χ3v) is 2.62. The van der Waals surface area contributed by atoms with Crippen molar-refractivity contribution < 1.29 is 4.79 Å². The number of amides is 1. The summed E-state index contributed by atoms with van der Waals surface area (Å²) < 4.78 is 1.82. The standard InChI is InChI=1S/C11H16N6O/c1-8-9(12)10(16-15-8)11(18)13-4-2-6-17-7-3-5-14-17/h3,5,7H,2,4,6,12H2,1H3,(H,13,18)(H,15,16). The molecule has 0 aliphatic heterocycles. The van der Waals surface area contributed by atoms with E-state index in [0.29, 0.717) is 17.9 Å². The summed E-state index contributed by atoms with van der Waals surface area (Å²) in [7, 11) is 0. The van der Waals surface area contributed by atoms with Crippen LogP contribution >= 0.6 is 0 Å². The normalized spacial score (nSPS) is 10.5. The summed E-state index contributed by atoms with van der Waals surface area (Å²) in [6.07, 6.45) is 4.42. The highest BCUT2D eigenvalue weighted by molar-refractivity contribution is 5.97. The van der Waals surface area contributed by atoms with Crippen molar-refractivity contribution in [1.82, 2.24) is 25.3 Å². The number of aromatic amines is 1. The summed E-state index contributed by atoms with van der Waals surface area (Å²) in [6, 6.07) is 1.87. The molecule has 7 heteroatoms. The predicted octanol–water partition coefficient (Wildman–Crippen LogP) is 0.317. The van der Waals surface area contributed by atoms with Crippen LogP contribution in [0, 0.1) is 6.92 Å². The summed E-state index contributed by atoms with van der Waals surface area (Å²) >= 11 is 0. The van der Waals surface area contributed by atoms with Gasteiger partial charge < -0.3 is 11.1 Å². The molecule has 0 aliphatic carbocycles. The first-order chi connectivity index (χ1) is 8.68. The number of nitrogen functional groups attached to an aromatic ring is 1. The fourth-order valence-corrected chi connectivity index (χ4v) is 1.57. The first kappa shape index (κ1) is 12.2. The van der Waals surface area contributed by atoms with Gasteiger partial charge in [-0.15, -0.1) is 0 Å². The number of carbonyl (C=O) groups is 1. The average molecular weight is 248 g/mol. The van der Waals surface area contributed by atoms with Gasteiger partial charge in [-0.05, 0) is 19.4 Å². The van der Waals surface area contributed by atoms with E-state index in [0.717, 1.165) is 13.0 Å². The van der Waals surface area contributed by atoms with Gasteiger partial charge in [0, 0.05) is 25.5 Å². The van der Waals surface area contributed by atoms with Crippen LogP contribution in [0.2, 0.25) is 0 Å². The number of rotatable bonds is 5. The van der Waals surface area contributed by atoms with Crippen molar-refractivity contribution in [3.63, 3.8) is 0 Å². The number of hydrogen-bond donors (Lipinski definition) is 3. The number of anilines is 1. The van der Waals surface area contributed by atoms with E-state index in [2.05, 4.69) is 20.6 Å². The number of nitrogens with zero attached hydrogens (tertiary/aromatic N) is 3. The van der Waals surface area contributed by atoms with Gasteiger partial charge in [-0.3, -0.25) is 14.6 Å². The first-order valence-corrected chi connectivity index (χ1v) is 5.74. The van der Waals surface area contributed by atoms with Gasteiger partial charge in [0.15, 0.2) is 5.69 Å². The molecule has 0 saturated carbocycles. The third-order valence-electron chi connectivity index (χ3n) is 2.62. The second-order valence-corrected chi connectivity index (χ2v) is 3.99. The van der Waals surface area contributed by atoms with E-state index in [1.165, 1.54) is 0 Å². The lowest BCUT2D eigenvalue weighted by molar-refractivity contribution is 0.0948. The van der Waals surface area contributed by atoms with Crippen LogP contribution in [0.5, 0.6) is 0 Å².